The lowest BCUT2D eigenvalue weighted by atomic mass is 9.89. The highest BCUT2D eigenvalue weighted by Gasteiger charge is 2.30. The normalized spacial score (nSPS) is 18.7. The van der Waals surface area contributed by atoms with Crippen molar-refractivity contribution in [2.24, 2.45) is 11.7 Å². The summed E-state index contributed by atoms with van der Waals surface area (Å²) in [4.78, 5) is 26.4. The summed E-state index contributed by atoms with van der Waals surface area (Å²) in [5.41, 5.74) is 9.80. The Kier molecular flexibility index (Phi) is 9.34. The molecule has 3 N–H and O–H groups in total. The number of hydrogen-bond acceptors (Lipinski definition) is 4. The maximum atomic E-state index is 13.4. The zero-order chi connectivity index (χ0) is 25.5. The quantitative estimate of drug-likeness (QED) is 0.177. The van der Waals surface area contributed by atoms with Crippen molar-refractivity contribution in [1.29, 1.82) is 0 Å². The third-order valence-corrected chi connectivity index (χ3v) is 10.9. The van der Waals surface area contributed by atoms with Gasteiger partial charge in [0.2, 0.25) is 8.32 Å². The summed E-state index contributed by atoms with van der Waals surface area (Å²) in [7, 11) is -2.58. The molecule has 0 aliphatic heterocycles. The van der Waals surface area contributed by atoms with Crippen molar-refractivity contribution >= 4 is 30.6 Å². The molecule has 2 unspecified atom stereocenters. The van der Waals surface area contributed by atoms with Gasteiger partial charge in [0.05, 0.1) is 4.88 Å². The second-order valence-electron chi connectivity index (χ2n) is 11.0. The van der Waals surface area contributed by atoms with Crippen LogP contribution in [0.2, 0.25) is 13.1 Å². The van der Waals surface area contributed by atoms with E-state index >= 15 is 0 Å². The number of Topliss-reactive ketones (excluding diaryl/α,β-unsaturated/α-hetero) is 1. The van der Waals surface area contributed by atoms with E-state index in [4.69, 9.17) is 5.73 Å². The van der Waals surface area contributed by atoms with Gasteiger partial charge in [-0.15, -0.1) is 11.3 Å². The molecule has 0 bridgehead atoms. The smallest absolute Gasteiger partial charge is 0.215 e. The first-order valence-corrected chi connectivity index (χ1v) is 17.3. The van der Waals surface area contributed by atoms with Crippen LogP contribution in [0, 0.1) is 5.92 Å². The van der Waals surface area contributed by atoms with Crippen LogP contribution in [0.1, 0.15) is 82.1 Å². The molecule has 1 aromatic heterocycles. The molecule has 0 saturated heterocycles. The predicted molar refractivity (Wildman–Crippen MR) is 155 cm³/mol. The third kappa shape index (κ3) is 7.25. The molecule has 1 heterocycles. The van der Waals surface area contributed by atoms with Crippen LogP contribution in [0.3, 0.4) is 0 Å². The fourth-order valence-corrected chi connectivity index (χ4v) is 8.82. The van der Waals surface area contributed by atoms with Gasteiger partial charge in [-0.05, 0) is 91.4 Å². The SMILES string of the molecule is C[Si](C)(O)c1cc(CCc2ccccc2)sc1C(=O)CCC1CCCC(c2cccc(CN)c2)CC1. The van der Waals surface area contributed by atoms with Crippen LogP contribution in [0.4, 0.5) is 0 Å². The van der Waals surface area contributed by atoms with Gasteiger partial charge in [0.1, 0.15) is 0 Å². The molecule has 1 aliphatic carbocycles. The average Bonchev–Trinajstić information content (AvgIpc) is 3.19. The Bertz CT molecular complexity index is 1130. The Hall–Kier alpha value is -2.05. The fourth-order valence-electron chi connectivity index (χ4n) is 5.56. The van der Waals surface area contributed by atoms with Crippen LogP contribution in [-0.4, -0.2) is 18.9 Å². The van der Waals surface area contributed by atoms with E-state index in [-0.39, 0.29) is 5.78 Å². The molecule has 0 spiro atoms. The van der Waals surface area contributed by atoms with Crippen LogP contribution in [0.5, 0.6) is 0 Å². The summed E-state index contributed by atoms with van der Waals surface area (Å²) in [6, 6.07) is 21.4. The van der Waals surface area contributed by atoms with Gasteiger partial charge >= 0.3 is 0 Å². The molecule has 4 rings (SSSR count). The molecular weight excluding hydrogens is 478 g/mol. The first-order chi connectivity index (χ1) is 17.3. The number of ketones is 1. The van der Waals surface area contributed by atoms with Gasteiger partial charge in [0.25, 0.3) is 0 Å². The Balaban J connectivity index is 1.36. The standard InChI is InChI=1S/C31H41NO2SSi/c1-36(2,34)30-21-28(18-15-23-8-4-3-5-9-23)35-31(30)29(33)19-16-24-10-6-12-26(17-14-24)27-13-7-11-25(20-27)22-32/h3-5,7-9,11,13,20-21,24,26,34H,6,10,12,14-19,22,32H2,1-2H3. The number of benzene rings is 2. The second-order valence-corrected chi connectivity index (χ2v) is 15.8. The lowest BCUT2D eigenvalue weighted by molar-refractivity contribution is 0.0977. The fraction of sp³-hybridized carbons (Fsp3) is 0.452. The van der Waals surface area contributed by atoms with Crippen molar-refractivity contribution in [2.75, 3.05) is 0 Å². The monoisotopic (exact) mass is 519 g/mol. The predicted octanol–water partition coefficient (Wildman–Crippen LogP) is 6.72. The minimum atomic E-state index is -2.58. The molecule has 1 fully saturated rings. The lowest BCUT2D eigenvalue weighted by Gasteiger charge is -2.17. The third-order valence-electron chi connectivity index (χ3n) is 7.72. The van der Waals surface area contributed by atoms with E-state index in [1.807, 2.05) is 19.2 Å². The molecule has 0 radical (unpaired) electrons. The summed E-state index contributed by atoms with van der Waals surface area (Å²) in [6.45, 7) is 4.45. The zero-order valence-electron chi connectivity index (χ0n) is 21.8. The molecule has 0 amide bonds. The van der Waals surface area contributed by atoms with Crippen LogP contribution >= 0.6 is 11.3 Å². The number of nitrogens with two attached hydrogens (primary N) is 1. The number of thiophene rings is 1. The van der Waals surface area contributed by atoms with Crippen molar-refractivity contribution in [1.82, 2.24) is 0 Å². The highest BCUT2D eigenvalue weighted by Crippen LogP contribution is 2.36. The largest absolute Gasteiger partial charge is 0.428 e. The topological polar surface area (TPSA) is 63.3 Å². The Labute approximate surface area is 221 Å². The van der Waals surface area contributed by atoms with Gasteiger partial charge in [-0.2, -0.15) is 0 Å². The van der Waals surface area contributed by atoms with E-state index in [2.05, 4.69) is 54.6 Å². The van der Waals surface area contributed by atoms with Crippen molar-refractivity contribution < 1.29 is 9.59 Å². The number of rotatable bonds is 10. The van der Waals surface area contributed by atoms with Crippen LogP contribution in [0.25, 0.3) is 0 Å². The Morgan fingerprint density at radius 1 is 0.972 bits per heavy atom. The molecule has 1 saturated carbocycles. The number of hydrogen-bond donors (Lipinski definition) is 2. The van der Waals surface area contributed by atoms with E-state index in [0.717, 1.165) is 29.3 Å². The van der Waals surface area contributed by atoms with E-state index < -0.39 is 8.32 Å². The molecule has 3 aromatic rings. The Morgan fingerprint density at radius 2 is 1.75 bits per heavy atom. The summed E-state index contributed by atoms with van der Waals surface area (Å²) in [5.74, 6) is 1.44. The summed E-state index contributed by atoms with van der Waals surface area (Å²) in [5, 5.41) is 0.932. The molecule has 192 valence electrons. The van der Waals surface area contributed by atoms with Gasteiger partial charge in [-0.3, -0.25) is 4.79 Å². The summed E-state index contributed by atoms with van der Waals surface area (Å²) >= 11 is 1.62. The van der Waals surface area contributed by atoms with Gasteiger partial charge < -0.3 is 10.5 Å². The van der Waals surface area contributed by atoms with Gasteiger partial charge in [0, 0.05) is 17.8 Å². The van der Waals surface area contributed by atoms with Gasteiger partial charge in [-0.1, -0.05) is 67.4 Å². The molecule has 1 aliphatic rings. The number of aryl methyl sites for hydroxylation is 2. The maximum Gasteiger partial charge on any atom is 0.215 e. The highest BCUT2D eigenvalue weighted by atomic mass is 32.1. The minimum absolute atomic E-state index is 0.229. The van der Waals surface area contributed by atoms with E-state index in [1.54, 1.807) is 11.3 Å². The van der Waals surface area contributed by atoms with Crippen molar-refractivity contribution in [3.05, 3.63) is 87.1 Å². The molecule has 36 heavy (non-hydrogen) atoms. The molecular formula is C31H41NO2SSi. The van der Waals surface area contributed by atoms with Crippen molar-refractivity contribution in [3.8, 4) is 0 Å². The zero-order valence-corrected chi connectivity index (χ0v) is 23.7. The summed E-state index contributed by atoms with van der Waals surface area (Å²) in [6.07, 6.45) is 9.45. The van der Waals surface area contributed by atoms with Crippen LogP contribution < -0.4 is 10.9 Å². The first kappa shape index (κ1) is 27.0. The van der Waals surface area contributed by atoms with Crippen LogP contribution in [-0.2, 0) is 19.4 Å². The van der Waals surface area contributed by atoms with Gasteiger partial charge in [-0.25, -0.2) is 0 Å². The van der Waals surface area contributed by atoms with Gasteiger partial charge in [0.15, 0.2) is 5.78 Å². The number of carbonyl (C=O) groups is 1. The van der Waals surface area contributed by atoms with Crippen molar-refractivity contribution in [3.63, 3.8) is 0 Å². The molecule has 2 aromatic carbocycles. The minimum Gasteiger partial charge on any atom is -0.428 e. The second kappa shape index (κ2) is 12.5. The maximum absolute atomic E-state index is 13.4. The molecule has 5 heteroatoms. The Morgan fingerprint density at radius 3 is 2.50 bits per heavy atom. The molecule has 3 nitrogen and oxygen atoms in total. The molecule has 2 atom stereocenters. The van der Waals surface area contributed by atoms with E-state index in [9.17, 15) is 9.59 Å². The van der Waals surface area contributed by atoms with E-state index in [0.29, 0.717) is 24.8 Å². The van der Waals surface area contributed by atoms with Crippen LogP contribution in [0.15, 0.2) is 60.7 Å². The average molecular weight is 520 g/mol. The van der Waals surface area contributed by atoms with Crippen molar-refractivity contribution in [2.45, 2.75) is 83.3 Å². The lowest BCUT2D eigenvalue weighted by Crippen LogP contribution is -2.43. The highest BCUT2D eigenvalue weighted by molar-refractivity contribution is 7.16. The number of carbonyl (C=O) groups excluding carboxylic acids is 1. The first-order valence-electron chi connectivity index (χ1n) is 13.5. The van der Waals surface area contributed by atoms with E-state index in [1.165, 1.54) is 53.7 Å². The summed E-state index contributed by atoms with van der Waals surface area (Å²) < 4.78 is 0.